The molecule has 0 atom stereocenters. The van der Waals surface area contributed by atoms with Gasteiger partial charge in [-0.15, -0.1) is 0 Å². The van der Waals surface area contributed by atoms with Gasteiger partial charge in [0.05, 0.1) is 10.7 Å². The van der Waals surface area contributed by atoms with E-state index in [1.54, 1.807) is 13.8 Å². The zero-order valence-corrected chi connectivity index (χ0v) is 20.1. The van der Waals surface area contributed by atoms with Crippen LogP contribution in [0.3, 0.4) is 0 Å². The summed E-state index contributed by atoms with van der Waals surface area (Å²) < 4.78 is 5.54. The monoisotopic (exact) mass is 492 g/mol. The second-order valence-electron chi connectivity index (χ2n) is 8.57. The average molecular weight is 493 g/mol. The number of hydrogen-bond acceptors (Lipinski definition) is 4. The van der Waals surface area contributed by atoms with Gasteiger partial charge in [0, 0.05) is 17.5 Å². The number of carbonyl (C=O) groups excluding carboxylic acids is 2. The summed E-state index contributed by atoms with van der Waals surface area (Å²) in [6.45, 7) is 3.20. The van der Waals surface area contributed by atoms with E-state index in [1.807, 2.05) is 36.4 Å². The van der Waals surface area contributed by atoms with Gasteiger partial charge >= 0.3 is 12.1 Å². The number of benzene rings is 3. The summed E-state index contributed by atoms with van der Waals surface area (Å²) in [4.78, 5) is 37.6. The SMILES string of the molecule is CC(C)N(CC(=O)O)C(=O)c1ccc(NC(=O)OCC2c3ccccc3-c3ccccc32)c(Cl)c1. The third-order valence-electron chi connectivity index (χ3n) is 5.99. The Morgan fingerprint density at radius 2 is 1.60 bits per heavy atom. The molecule has 3 aromatic carbocycles. The van der Waals surface area contributed by atoms with Crippen molar-refractivity contribution >= 4 is 35.3 Å². The number of halogens is 1. The number of aliphatic carboxylic acids is 1. The molecule has 2 N–H and O–H groups in total. The molecule has 8 heteroatoms. The molecule has 35 heavy (non-hydrogen) atoms. The quantitative estimate of drug-likeness (QED) is 0.445. The lowest BCUT2D eigenvalue weighted by Crippen LogP contribution is -2.40. The van der Waals surface area contributed by atoms with E-state index in [0.29, 0.717) is 0 Å². The number of carboxylic acid groups (broad SMARTS) is 1. The van der Waals surface area contributed by atoms with Crippen LogP contribution in [0.25, 0.3) is 11.1 Å². The molecule has 4 rings (SSSR count). The molecule has 7 nitrogen and oxygen atoms in total. The Labute approximate surface area is 208 Å². The molecule has 0 saturated carbocycles. The van der Waals surface area contributed by atoms with Crippen molar-refractivity contribution in [1.82, 2.24) is 4.90 Å². The molecule has 0 aliphatic heterocycles. The van der Waals surface area contributed by atoms with Gasteiger partial charge in [-0.3, -0.25) is 14.9 Å². The van der Waals surface area contributed by atoms with Crippen LogP contribution in [-0.4, -0.2) is 47.2 Å². The third-order valence-corrected chi connectivity index (χ3v) is 6.30. The molecule has 0 radical (unpaired) electrons. The van der Waals surface area contributed by atoms with Gasteiger partial charge in [0.1, 0.15) is 13.2 Å². The number of amides is 2. The van der Waals surface area contributed by atoms with Crippen LogP contribution in [0.15, 0.2) is 66.7 Å². The van der Waals surface area contributed by atoms with E-state index in [1.165, 1.54) is 23.1 Å². The highest BCUT2D eigenvalue weighted by molar-refractivity contribution is 6.34. The van der Waals surface area contributed by atoms with Gasteiger partial charge in [0.2, 0.25) is 0 Å². The van der Waals surface area contributed by atoms with Crippen molar-refractivity contribution in [2.24, 2.45) is 0 Å². The van der Waals surface area contributed by atoms with Gasteiger partial charge in [-0.05, 0) is 54.3 Å². The molecule has 0 saturated heterocycles. The number of ether oxygens (including phenoxy) is 1. The minimum Gasteiger partial charge on any atom is -0.480 e. The molecule has 180 valence electrons. The van der Waals surface area contributed by atoms with Crippen LogP contribution in [0, 0.1) is 0 Å². The Balaban J connectivity index is 1.43. The Kier molecular flexibility index (Phi) is 7.07. The Morgan fingerprint density at radius 1 is 1.00 bits per heavy atom. The minimum atomic E-state index is -1.10. The van der Waals surface area contributed by atoms with Crippen molar-refractivity contribution in [2.75, 3.05) is 18.5 Å². The first-order valence-electron chi connectivity index (χ1n) is 11.2. The average Bonchev–Trinajstić information content (AvgIpc) is 3.15. The van der Waals surface area contributed by atoms with Gasteiger partial charge in [0.15, 0.2) is 0 Å². The maximum atomic E-state index is 12.8. The van der Waals surface area contributed by atoms with Crippen molar-refractivity contribution in [1.29, 1.82) is 0 Å². The normalized spacial score (nSPS) is 12.1. The summed E-state index contributed by atoms with van der Waals surface area (Å²) in [7, 11) is 0. The van der Waals surface area contributed by atoms with Crippen LogP contribution in [-0.2, 0) is 9.53 Å². The van der Waals surface area contributed by atoms with Crippen molar-refractivity contribution < 1.29 is 24.2 Å². The van der Waals surface area contributed by atoms with Crippen LogP contribution in [0.5, 0.6) is 0 Å². The predicted octanol–water partition coefficient (Wildman–Crippen LogP) is 5.64. The van der Waals surface area contributed by atoms with Crippen molar-refractivity contribution in [3.8, 4) is 11.1 Å². The Bertz CT molecular complexity index is 1240. The van der Waals surface area contributed by atoms with Crippen molar-refractivity contribution in [2.45, 2.75) is 25.8 Å². The molecule has 1 aliphatic carbocycles. The lowest BCUT2D eigenvalue weighted by atomic mass is 9.98. The number of nitrogens with one attached hydrogen (secondary N) is 1. The maximum Gasteiger partial charge on any atom is 0.411 e. The standard InChI is InChI=1S/C27H25ClN2O5/c1-16(2)30(14-25(31)32)26(33)17-11-12-24(23(28)13-17)29-27(34)35-15-22-20-9-5-3-7-18(20)19-8-4-6-10-21(19)22/h3-13,16,22H,14-15H2,1-2H3,(H,29,34)(H,31,32). The van der Waals surface area contributed by atoms with Crippen LogP contribution >= 0.6 is 11.6 Å². The van der Waals surface area contributed by atoms with Crippen LogP contribution in [0.4, 0.5) is 10.5 Å². The molecular formula is C27H25ClN2O5. The van der Waals surface area contributed by atoms with E-state index in [-0.39, 0.29) is 34.8 Å². The molecule has 0 bridgehead atoms. The van der Waals surface area contributed by atoms with E-state index in [0.717, 1.165) is 22.3 Å². The number of carboxylic acids is 1. The van der Waals surface area contributed by atoms with Crippen LogP contribution < -0.4 is 5.32 Å². The fourth-order valence-electron chi connectivity index (χ4n) is 4.29. The minimum absolute atomic E-state index is 0.0696. The molecular weight excluding hydrogens is 468 g/mol. The molecule has 3 aromatic rings. The van der Waals surface area contributed by atoms with E-state index in [9.17, 15) is 14.4 Å². The summed E-state index contributed by atoms with van der Waals surface area (Å²) in [5.74, 6) is -1.64. The summed E-state index contributed by atoms with van der Waals surface area (Å²) in [5.41, 5.74) is 5.01. The first-order valence-corrected chi connectivity index (χ1v) is 11.6. The fraction of sp³-hybridized carbons (Fsp3) is 0.222. The van der Waals surface area contributed by atoms with Crippen molar-refractivity contribution in [3.63, 3.8) is 0 Å². The highest BCUT2D eigenvalue weighted by Gasteiger charge is 2.29. The number of fused-ring (bicyclic) bond motifs is 3. The fourth-order valence-corrected chi connectivity index (χ4v) is 4.52. The first-order chi connectivity index (χ1) is 16.8. The van der Waals surface area contributed by atoms with Gasteiger partial charge in [0.25, 0.3) is 5.91 Å². The molecule has 0 fully saturated rings. The lowest BCUT2D eigenvalue weighted by molar-refractivity contribution is -0.138. The summed E-state index contributed by atoms with van der Waals surface area (Å²) >= 11 is 6.31. The molecule has 2 amide bonds. The number of nitrogens with zero attached hydrogens (tertiary/aromatic N) is 1. The van der Waals surface area contributed by atoms with Crippen LogP contribution in [0.2, 0.25) is 5.02 Å². The largest absolute Gasteiger partial charge is 0.480 e. The maximum absolute atomic E-state index is 12.8. The molecule has 0 heterocycles. The highest BCUT2D eigenvalue weighted by Crippen LogP contribution is 2.44. The number of anilines is 1. The van der Waals surface area contributed by atoms with Crippen LogP contribution in [0.1, 0.15) is 41.3 Å². The lowest BCUT2D eigenvalue weighted by Gasteiger charge is -2.25. The smallest absolute Gasteiger partial charge is 0.411 e. The van der Waals surface area contributed by atoms with E-state index < -0.39 is 24.5 Å². The van der Waals surface area contributed by atoms with Crippen molar-refractivity contribution in [3.05, 3.63) is 88.4 Å². The van der Waals surface area contributed by atoms with Gasteiger partial charge in [-0.1, -0.05) is 60.1 Å². The second kappa shape index (κ2) is 10.2. The first kappa shape index (κ1) is 24.3. The predicted molar refractivity (Wildman–Crippen MR) is 134 cm³/mol. The Hall–Kier alpha value is -3.84. The Morgan fingerprint density at radius 3 is 2.14 bits per heavy atom. The zero-order chi connectivity index (χ0) is 25.1. The topological polar surface area (TPSA) is 95.9 Å². The van der Waals surface area contributed by atoms with Gasteiger partial charge in [-0.25, -0.2) is 4.79 Å². The molecule has 0 spiro atoms. The zero-order valence-electron chi connectivity index (χ0n) is 19.3. The van der Waals surface area contributed by atoms with E-state index in [4.69, 9.17) is 21.4 Å². The summed E-state index contributed by atoms with van der Waals surface area (Å²) in [5, 5.41) is 11.8. The number of carbonyl (C=O) groups is 3. The van der Waals surface area contributed by atoms with E-state index in [2.05, 4.69) is 17.4 Å². The van der Waals surface area contributed by atoms with Gasteiger partial charge in [-0.2, -0.15) is 0 Å². The van der Waals surface area contributed by atoms with Gasteiger partial charge < -0.3 is 14.7 Å². The molecule has 1 aliphatic rings. The summed E-state index contributed by atoms with van der Waals surface area (Å²) in [6.07, 6.45) is -0.664. The third kappa shape index (κ3) is 5.15. The highest BCUT2D eigenvalue weighted by atomic mass is 35.5. The molecule has 0 unspecified atom stereocenters. The number of hydrogen-bond donors (Lipinski definition) is 2. The van der Waals surface area contributed by atoms with E-state index >= 15 is 0 Å². The second-order valence-corrected chi connectivity index (χ2v) is 8.97. The summed E-state index contributed by atoms with van der Waals surface area (Å²) in [6, 6.07) is 20.2. The molecule has 0 aromatic heterocycles. The number of rotatable bonds is 7.